The molecular formula is C9H11N7O2S. The maximum absolute atomic E-state index is 10.9. The number of benzene rings is 1. The Hall–Kier alpha value is -2.20. The van der Waals surface area contributed by atoms with Crippen molar-refractivity contribution in [3.8, 4) is 0 Å². The second-order valence-electron chi connectivity index (χ2n) is 3.63. The van der Waals surface area contributed by atoms with E-state index in [0.29, 0.717) is 10.9 Å². The number of nitrogens with zero attached hydrogens (tertiary/aromatic N) is 5. The number of nitro groups is 1. The topological polar surface area (TPSA) is 125 Å². The molecule has 19 heavy (non-hydrogen) atoms. The van der Waals surface area contributed by atoms with Crippen molar-refractivity contribution in [2.45, 2.75) is 10.9 Å². The van der Waals surface area contributed by atoms with Crippen LogP contribution in [-0.2, 0) is 12.8 Å². The van der Waals surface area contributed by atoms with Crippen molar-refractivity contribution in [2.75, 3.05) is 5.43 Å². The Labute approximate surface area is 112 Å². The number of nitro benzene ring substituents is 1. The Morgan fingerprint density at radius 3 is 2.95 bits per heavy atom. The third kappa shape index (κ3) is 2.98. The van der Waals surface area contributed by atoms with Gasteiger partial charge in [0.15, 0.2) is 0 Å². The Kier molecular flexibility index (Phi) is 3.92. The smallest absolute Gasteiger partial charge is 0.293 e. The largest absolute Gasteiger partial charge is 0.318 e. The number of anilines is 1. The van der Waals surface area contributed by atoms with Gasteiger partial charge in [-0.2, -0.15) is 0 Å². The summed E-state index contributed by atoms with van der Waals surface area (Å²) in [5, 5.41) is 22.6. The summed E-state index contributed by atoms with van der Waals surface area (Å²) in [7, 11) is 1.73. The van der Waals surface area contributed by atoms with Crippen LogP contribution < -0.4 is 11.3 Å². The fourth-order valence-electron chi connectivity index (χ4n) is 1.43. The highest BCUT2D eigenvalue weighted by Crippen LogP contribution is 2.27. The zero-order valence-corrected chi connectivity index (χ0v) is 10.8. The van der Waals surface area contributed by atoms with Crippen LogP contribution in [0.1, 0.15) is 5.56 Å². The minimum Gasteiger partial charge on any atom is -0.318 e. The van der Waals surface area contributed by atoms with Gasteiger partial charge in [0.05, 0.1) is 4.92 Å². The number of hydrazine groups is 1. The summed E-state index contributed by atoms with van der Waals surface area (Å²) in [5.74, 6) is 5.75. The number of tetrazole rings is 1. The SMILES string of the molecule is Cn1nnnc1SCc1ccc(NN)c([N+](=O)[O-])c1. The van der Waals surface area contributed by atoms with Crippen molar-refractivity contribution in [3.63, 3.8) is 0 Å². The van der Waals surface area contributed by atoms with Crippen molar-refractivity contribution in [2.24, 2.45) is 12.9 Å². The summed E-state index contributed by atoms with van der Waals surface area (Å²) in [6.45, 7) is 0. The van der Waals surface area contributed by atoms with Gasteiger partial charge in [-0.15, -0.1) is 5.10 Å². The normalized spacial score (nSPS) is 10.4. The highest BCUT2D eigenvalue weighted by Gasteiger charge is 2.14. The fraction of sp³-hybridized carbons (Fsp3) is 0.222. The van der Waals surface area contributed by atoms with Crippen molar-refractivity contribution < 1.29 is 4.92 Å². The van der Waals surface area contributed by atoms with Gasteiger partial charge in [-0.3, -0.25) is 16.0 Å². The molecule has 10 heteroatoms. The molecule has 100 valence electrons. The number of hydrogen-bond acceptors (Lipinski definition) is 8. The molecule has 2 aromatic rings. The minimum atomic E-state index is -0.479. The summed E-state index contributed by atoms with van der Waals surface area (Å²) in [4.78, 5) is 10.4. The quantitative estimate of drug-likeness (QED) is 0.355. The molecule has 1 heterocycles. The number of aromatic nitrogens is 4. The third-order valence-electron chi connectivity index (χ3n) is 2.36. The number of nitrogens with one attached hydrogen (secondary N) is 1. The molecule has 0 saturated carbocycles. The van der Waals surface area contributed by atoms with Gasteiger partial charge in [-0.25, -0.2) is 4.68 Å². The molecule has 0 fully saturated rings. The molecule has 0 bridgehead atoms. The number of thioether (sulfide) groups is 1. The van der Waals surface area contributed by atoms with E-state index in [4.69, 9.17) is 5.84 Å². The van der Waals surface area contributed by atoms with E-state index in [9.17, 15) is 10.1 Å². The molecular weight excluding hydrogens is 270 g/mol. The van der Waals surface area contributed by atoms with Gasteiger partial charge in [0, 0.05) is 18.9 Å². The zero-order chi connectivity index (χ0) is 13.8. The Morgan fingerprint density at radius 1 is 1.58 bits per heavy atom. The monoisotopic (exact) mass is 281 g/mol. The summed E-state index contributed by atoms with van der Waals surface area (Å²) in [6.07, 6.45) is 0. The number of aryl methyl sites for hydroxylation is 1. The Bertz CT molecular complexity index is 600. The fourth-order valence-corrected chi connectivity index (χ4v) is 2.22. The minimum absolute atomic E-state index is 0.0586. The molecule has 0 amide bonds. The average molecular weight is 281 g/mol. The second-order valence-corrected chi connectivity index (χ2v) is 4.57. The second kappa shape index (κ2) is 5.63. The Morgan fingerprint density at radius 2 is 2.37 bits per heavy atom. The average Bonchev–Trinajstić information content (AvgIpc) is 2.81. The molecule has 0 unspecified atom stereocenters. The van der Waals surface area contributed by atoms with Gasteiger partial charge in [-0.05, 0) is 22.1 Å². The number of hydrogen-bond donors (Lipinski definition) is 2. The predicted molar refractivity (Wildman–Crippen MR) is 69.3 cm³/mol. The predicted octanol–water partition coefficient (Wildman–Crippen LogP) is 0.696. The lowest BCUT2D eigenvalue weighted by molar-refractivity contribution is -0.384. The van der Waals surface area contributed by atoms with Crippen LogP contribution in [0.25, 0.3) is 0 Å². The maximum atomic E-state index is 10.9. The van der Waals surface area contributed by atoms with E-state index < -0.39 is 4.92 Å². The molecule has 0 aliphatic carbocycles. The first-order valence-corrected chi connectivity index (χ1v) is 6.19. The van der Waals surface area contributed by atoms with Gasteiger partial charge in [0.25, 0.3) is 5.69 Å². The van der Waals surface area contributed by atoms with Gasteiger partial charge in [0.2, 0.25) is 5.16 Å². The van der Waals surface area contributed by atoms with Gasteiger partial charge in [0.1, 0.15) is 5.69 Å². The van der Waals surface area contributed by atoms with E-state index in [0.717, 1.165) is 5.56 Å². The molecule has 0 saturated heterocycles. The number of nitrogen functional groups attached to an aromatic ring is 1. The van der Waals surface area contributed by atoms with Gasteiger partial charge >= 0.3 is 0 Å². The van der Waals surface area contributed by atoms with Crippen LogP contribution in [0.5, 0.6) is 0 Å². The van der Waals surface area contributed by atoms with Crippen LogP contribution in [0, 0.1) is 10.1 Å². The number of rotatable bonds is 5. The molecule has 9 nitrogen and oxygen atoms in total. The first-order chi connectivity index (χ1) is 9.11. The molecule has 1 aromatic heterocycles. The molecule has 0 radical (unpaired) electrons. The summed E-state index contributed by atoms with van der Waals surface area (Å²) < 4.78 is 1.54. The van der Waals surface area contributed by atoms with Crippen LogP contribution in [0.3, 0.4) is 0 Å². The van der Waals surface area contributed by atoms with Gasteiger partial charge < -0.3 is 5.43 Å². The first kappa shape index (κ1) is 13.2. The standard InChI is InChI=1S/C9H11N7O2S/c1-15-9(12-13-14-15)19-5-6-2-3-7(11-10)8(4-6)16(17)18/h2-4,11H,5,10H2,1H3. The van der Waals surface area contributed by atoms with E-state index in [2.05, 4.69) is 21.0 Å². The highest BCUT2D eigenvalue weighted by molar-refractivity contribution is 7.98. The van der Waals surface area contributed by atoms with E-state index in [1.54, 1.807) is 19.2 Å². The lowest BCUT2D eigenvalue weighted by Gasteiger charge is -2.04. The third-order valence-corrected chi connectivity index (χ3v) is 3.45. The van der Waals surface area contributed by atoms with Gasteiger partial charge in [-0.1, -0.05) is 17.8 Å². The summed E-state index contributed by atoms with van der Waals surface area (Å²) >= 11 is 1.39. The maximum Gasteiger partial charge on any atom is 0.293 e. The van der Waals surface area contributed by atoms with Crippen molar-refractivity contribution in [3.05, 3.63) is 33.9 Å². The molecule has 2 rings (SSSR count). The lowest BCUT2D eigenvalue weighted by Crippen LogP contribution is -2.09. The van der Waals surface area contributed by atoms with Crippen molar-refractivity contribution in [1.82, 2.24) is 20.2 Å². The molecule has 3 N–H and O–H groups in total. The highest BCUT2D eigenvalue weighted by atomic mass is 32.2. The summed E-state index contributed by atoms with van der Waals surface area (Å²) in [5.41, 5.74) is 3.31. The van der Waals surface area contributed by atoms with Crippen LogP contribution >= 0.6 is 11.8 Å². The van der Waals surface area contributed by atoms with E-state index >= 15 is 0 Å². The van der Waals surface area contributed by atoms with E-state index in [1.165, 1.54) is 22.5 Å². The first-order valence-electron chi connectivity index (χ1n) is 5.21. The lowest BCUT2D eigenvalue weighted by atomic mass is 10.2. The Balaban J connectivity index is 2.15. The van der Waals surface area contributed by atoms with Crippen LogP contribution in [0.4, 0.5) is 11.4 Å². The van der Waals surface area contributed by atoms with E-state index in [-0.39, 0.29) is 11.4 Å². The molecule has 0 atom stereocenters. The summed E-state index contributed by atoms with van der Waals surface area (Å²) in [6, 6.07) is 4.81. The molecule has 0 aliphatic rings. The van der Waals surface area contributed by atoms with E-state index in [1.807, 2.05) is 0 Å². The van der Waals surface area contributed by atoms with Crippen LogP contribution in [0.15, 0.2) is 23.4 Å². The van der Waals surface area contributed by atoms with Crippen LogP contribution in [0.2, 0.25) is 0 Å². The van der Waals surface area contributed by atoms with Crippen molar-refractivity contribution >= 4 is 23.1 Å². The van der Waals surface area contributed by atoms with Crippen molar-refractivity contribution in [1.29, 1.82) is 0 Å². The number of nitrogens with two attached hydrogens (primary N) is 1. The molecule has 0 aliphatic heterocycles. The van der Waals surface area contributed by atoms with Crippen LogP contribution in [-0.4, -0.2) is 25.1 Å². The zero-order valence-electron chi connectivity index (χ0n) is 9.98. The molecule has 1 aromatic carbocycles. The molecule has 0 spiro atoms.